The van der Waals surface area contributed by atoms with Crippen molar-refractivity contribution in [2.24, 2.45) is 0 Å². The van der Waals surface area contributed by atoms with Gasteiger partial charge >= 0.3 is 0 Å². The average molecular weight is 339 g/mol. The van der Waals surface area contributed by atoms with Crippen molar-refractivity contribution in [3.63, 3.8) is 0 Å². The van der Waals surface area contributed by atoms with Gasteiger partial charge < -0.3 is 0 Å². The van der Waals surface area contributed by atoms with Crippen molar-refractivity contribution in [3.05, 3.63) is 30.2 Å². The molecule has 0 saturated carbocycles. The first-order valence-corrected chi connectivity index (χ1v) is 5.76. The van der Waals surface area contributed by atoms with Crippen molar-refractivity contribution in [1.82, 2.24) is 0 Å². The van der Waals surface area contributed by atoms with E-state index in [2.05, 4.69) is 31.9 Å². The number of carbonyl (C=O) groups is 1. The van der Waals surface area contributed by atoms with Gasteiger partial charge in [0.2, 0.25) is 0 Å². The molecule has 0 spiro atoms. The van der Waals surface area contributed by atoms with Crippen LogP contribution in [0.1, 0.15) is 20.8 Å². The summed E-state index contributed by atoms with van der Waals surface area (Å²) in [4.78, 5) is 22.3. The fourth-order valence-corrected chi connectivity index (χ4v) is 2.70. The SMILES string of the molecule is CC1=C(Br)C(C)([N+](=O)[O-])C(C)=C(Br)C1=O. The van der Waals surface area contributed by atoms with E-state index in [1.54, 1.807) is 13.8 Å². The normalized spacial score (nSPS) is 27.4. The predicted molar refractivity (Wildman–Crippen MR) is 63.7 cm³/mol. The summed E-state index contributed by atoms with van der Waals surface area (Å²) < 4.78 is 0.605. The molecule has 0 aromatic carbocycles. The Bertz CT molecular complexity index is 395. The van der Waals surface area contributed by atoms with Crippen LogP contribution in [0.2, 0.25) is 0 Å². The van der Waals surface area contributed by atoms with Crippen molar-refractivity contribution < 1.29 is 9.72 Å². The van der Waals surface area contributed by atoms with Gasteiger partial charge in [0.15, 0.2) is 5.78 Å². The van der Waals surface area contributed by atoms with Gasteiger partial charge in [0.1, 0.15) is 0 Å². The second kappa shape index (κ2) is 3.83. The fourth-order valence-electron chi connectivity index (χ4n) is 1.40. The lowest BCUT2D eigenvalue weighted by atomic mass is 9.85. The van der Waals surface area contributed by atoms with Crippen LogP contribution >= 0.6 is 31.9 Å². The Kier molecular flexibility index (Phi) is 3.21. The third kappa shape index (κ3) is 1.59. The molecule has 0 aromatic rings. The molecule has 1 aliphatic rings. The highest BCUT2D eigenvalue weighted by atomic mass is 79.9. The number of rotatable bonds is 1. The number of nitro groups is 1. The highest BCUT2D eigenvalue weighted by Crippen LogP contribution is 2.42. The van der Waals surface area contributed by atoms with Crippen molar-refractivity contribution >= 4 is 37.6 Å². The van der Waals surface area contributed by atoms with Crippen LogP contribution in [0.25, 0.3) is 0 Å². The summed E-state index contributed by atoms with van der Waals surface area (Å²) in [5.74, 6) is -0.210. The Hall–Kier alpha value is -0.490. The average Bonchev–Trinajstić information content (AvgIpc) is 2.20. The number of allylic oxidation sites excluding steroid dienone is 2. The monoisotopic (exact) mass is 337 g/mol. The van der Waals surface area contributed by atoms with E-state index in [-0.39, 0.29) is 10.3 Å². The van der Waals surface area contributed by atoms with E-state index in [4.69, 9.17) is 0 Å². The summed E-state index contributed by atoms with van der Waals surface area (Å²) >= 11 is 6.25. The maximum absolute atomic E-state index is 11.6. The van der Waals surface area contributed by atoms with Gasteiger partial charge in [0.05, 0.1) is 8.96 Å². The van der Waals surface area contributed by atoms with E-state index < -0.39 is 10.5 Å². The molecule has 0 N–H and O–H groups in total. The topological polar surface area (TPSA) is 60.2 Å². The molecule has 1 unspecified atom stereocenters. The Balaban J connectivity index is 3.54. The first kappa shape index (κ1) is 12.6. The summed E-state index contributed by atoms with van der Waals surface area (Å²) in [6, 6.07) is 0. The van der Waals surface area contributed by atoms with E-state index >= 15 is 0 Å². The second-order valence-corrected chi connectivity index (χ2v) is 5.12. The molecule has 0 aliphatic heterocycles. The largest absolute Gasteiger partial charge is 0.288 e. The highest BCUT2D eigenvalue weighted by Gasteiger charge is 2.49. The highest BCUT2D eigenvalue weighted by molar-refractivity contribution is 9.12. The number of hydrogen-bond acceptors (Lipinski definition) is 3. The van der Waals surface area contributed by atoms with Crippen molar-refractivity contribution in [2.75, 3.05) is 0 Å². The van der Waals surface area contributed by atoms with Crippen LogP contribution < -0.4 is 0 Å². The molecular weight excluding hydrogens is 330 g/mol. The molecule has 0 radical (unpaired) electrons. The van der Waals surface area contributed by atoms with Crippen LogP contribution in [0.15, 0.2) is 20.1 Å². The second-order valence-electron chi connectivity index (χ2n) is 3.54. The lowest BCUT2D eigenvalue weighted by Crippen LogP contribution is -2.41. The third-order valence-electron chi connectivity index (χ3n) is 2.72. The van der Waals surface area contributed by atoms with E-state index in [1.165, 1.54) is 6.92 Å². The molecule has 15 heavy (non-hydrogen) atoms. The molecule has 0 fully saturated rings. The molecule has 0 saturated heterocycles. The zero-order valence-corrected chi connectivity index (χ0v) is 11.6. The van der Waals surface area contributed by atoms with Crippen LogP contribution in [0.3, 0.4) is 0 Å². The Labute approximate surface area is 104 Å². The quantitative estimate of drug-likeness (QED) is 0.545. The number of halogens is 2. The van der Waals surface area contributed by atoms with Gasteiger partial charge in [-0.1, -0.05) is 0 Å². The zero-order chi connectivity index (χ0) is 12.0. The van der Waals surface area contributed by atoms with Gasteiger partial charge in [0, 0.05) is 23.0 Å². The number of Topliss-reactive ketones (excluding diaryl/α,β-unsaturated/α-hetero) is 1. The van der Waals surface area contributed by atoms with E-state index in [0.29, 0.717) is 15.6 Å². The Morgan fingerprint density at radius 1 is 1.33 bits per heavy atom. The maximum Gasteiger partial charge on any atom is 0.273 e. The molecular formula is C9H9Br2NO3. The molecule has 4 nitrogen and oxygen atoms in total. The molecule has 0 amide bonds. The van der Waals surface area contributed by atoms with Crippen LogP contribution in [0, 0.1) is 10.1 Å². The van der Waals surface area contributed by atoms with Crippen LogP contribution in [-0.2, 0) is 4.79 Å². The third-order valence-corrected chi connectivity index (χ3v) is 5.04. The molecule has 0 bridgehead atoms. The number of ketones is 1. The minimum absolute atomic E-state index is 0.210. The van der Waals surface area contributed by atoms with Crippen LogP contribution in [0.4, 0.5) is 0 Å². The summed E-state index contributed by atoms with van der Waals surface area (Å²) in [5.41, 5.74) is -0.571. The van der Waals surface area contributed by atoms with Gasteiger partial charge in [-0.25, -0.2) is 0 Å². The van der Waals surface area contributed by atoms with Gasteiger partial charge in [-0.3, -0.25) is 14.9 Å². The lowest BCUT2D eigenvalue weighted by Gasteiger charge is -2.27. The van der Waals surface area contributed by atoms with Gasteiger partial charge in [-0.15, -0.1) is 0 Å². The Morgan fingerprint density at radius 3 is 2.20 bits per heavy atom. The minimum atomic E-state index is -1.35. The van der Waals surface area contributed by atoms with Crippen molar-refractivity contribution in [3.8, 4) is 0 Å². The van der Waals surface area contributed by atoms with Gasteiger partial charge in [-0.05, 0) is 45.7 Å². The molecule has 0 heterocycles. The van der Waals surface area contributed by atoms with Crippen LogP contribution in [-0.4, -0.2) is 16.2 Å². The maximum atomic E-state index is 11.6. The summed E-state index contributed by atoms with van der Waals surface area (Å²) in [6.07, 6.45) is 0. The van der Waals surface area contributed by atoms with Gasteiger partial charge in [-0.2, -0.15) is 0 Å². The van der Waals surface area contributed by atoms with E-state index in [1.807, 2.05) is 0 Å². The molecule has 6 heteroatoms. The summed E-state index contributed by atoms with van der Waals surface area (Å²) in [6.45, 7) is 4.63. The fraction of sp³-hybridized carbons (Fsp3) is 0.444. The smallest absolute Gasteiger partial charge is 0.273 e. The molecule has 82 valence electrons. The zero-order valence-electron chi connectivity index (χ0n) is 8.43. The van der Waals surface area contributed by atoms with E-state index in [9.17, 15) is 14.9 Å². The summed E-state index contributed by atoms with van der Waals surface area (Å²) in [7, 11) is 0. The molecule has 1 rings (SSSR count). The number of nitrogens with zero attached hydrogens (tertiary/aromatic N) is 1. The first-order chi connectivity index (χ1) is 6.74. The van der Waals surface area contributed by atoms with Crippen molar-refractivity contribution in [1.29, 1.82) is 0 Å². The predicted octanol–water partition coefficient (Wildman–Crippen LogP) is 2.94. The standard InChI is InChI=1S/C9H9Br2NO3/c1-4-7(13)6(10)5(2)9(3,8(4)11)12(14)15/h1-3H3. The lowest BCUT2D eigenvalue weighted by molar-refractivity contribution is -0.540. The summed E-state index contributed by atoms with van der Waals surface area (Å²) in [5, 5.41) is 11.1. The van der Waals surface area contributed by atoms with Crippen molar-refractivity contribution in [2.45, 2.75) is 26.3 Å². The number of carbonyl (C=O) groups excluding carboxylic acids is 1. The minimum Gasteiger partial charge on any atom is -0.288 e. The Morgan fingerprint density at radius 2 is 1.80 bits per heavy atom. The van der Waals surface area contributed by atoms with E-state index in [0.717, 1.165) is 0 Å². The van der Waals surface area contributed by atoms with Crippen LogP contribution in [0.5, 0.6) is 0 Å². The number of hydrogen-bond donors (Lipinski definition) is 0. The molecule has 0 aromatic heterocycles. The van der Waals surface area contributed by atoms with Gasteiger partial charge in [0.25, 0.3) is 5.54 Å². The first-order valence-electron chi connectivity index (χ1n) is 4.17. The molecule has 1 aliphatic carbocycles. The molecule has 1 atom stereocenters.